The summed E-state index contributed by atoms with van der Waals surface area (Å²) >= 11 is 0. The largest absolute Gasteiger partial charge is 0.481 e. The van der Waals surface area contributed by atoms with Gasteiger partial charge in [0, 0.05) is 19.6 Å². The van der Waals surface area contributed by atoms with Crippen molar-refractivity contribution >= 4 is 5.97 Å². The summed E-state index contributed by atoms with van der Waals surface area (Å²) in [6.07, 6.45) is 1.82. The molecule has 0 bridgehead atoms. The van der Waals surface area contributed by atoms with Gasteiger partial charge in [0.2, 0.25) is 0 Å². The van der Waals surface area contributed by atoms with Crippen LogP contribution in [0.3, 0.4) is 0 Å². The van der Waals surface area contributed by atoms with Crippen LogP contribution in [0.2, 0.25) is 0 Å². The van der Waals surface area contributed by atoms with Crippen LogP contribution in [-0.2, 0) is 11.2 Å². The summed E-state index contributed by atoms with van der Waals surface area (Å²) in [5, 5.41) is 9.17. The van der Waals surface area contributed by atoms with Crippen molar-refractivity contribution in [3.63, 3.8) is 0 Å². The summed E-state index contributed by atoms with van der Waals surface area (Å²) in [6.45, 7) is 6.93. The highest BCUT2D eigenvalue weighted by Gasteiger charge is 2.28. The zero-order valence-electron chi connectivity index (χ0n) is 11.8. The topological polar surface area (TPSA) is 40.5 Å². The Balaban J connectivity index is 1.90. The smallest absolute Gasteiger partial charge is 0.307 e. The monoisotopic (exact) mass is 261 g/mol. The lowest BCUT2D eigenvalue weighted by atomic mass is 9.90. The van der Waals surface area contributed by atoms with Crippen molar-refractivity contribution in [3.8, 4) is 0 Å². The molecule has 1 aliphatic rings. The minimum absolute atomic E-state index is 0.193. The third-order valence-electron chi connectivity index (χ3n) is 3.88. The highest BCUT2D eigenvalue weighted by atomic mass is 16.4. The molecule has 0 radical (unpaired) electrons. The fourth-order valence-electron chi connectivity index (χ4n) is 2.98. The van der Waals surface area contributed by atoms with Gasteiger partial charge in [0.25, 0.3) is 0 Å². The minimum atomic E-state index is -0.646. The quantitative estimate of drug-likeness (QED) is 0.905. The van der Waals surface area contributed by atoms with E-state index in [0.29, 0.717) is 12.5 Å². The first-order chi connectivity index (χ1) is 9.04. The van der Waals surface area contributed by atoms with Gasteiger partial charge in [0.15, 0.2) is 0 Å². The van der Waals surface area contributed by atoms with E-state index in [1.165, 1.54) is 11.1 Å². The zero-order valence-corrected chi connectivity index (χ0v) is 11.8. The minimum Gasteiger partial charge on any atom is -0.481 e. The number of piperidine rings is 1. The molecule has 1 fully saturated rings. The molecule has 1 aromatic rings. The lowest BCUT2D eigenvalue weighted by molar-refractivity contribution is -0.144. The second kappa shape index (κ2) is 6.20. The molecule has 2 unspecified atom stereocenters. The van der Waals surface area contributed by atoms with Crippen LogP contribution >= 0.6 is 0 Å². The number of aryl methyl sites for hydroxylation is 1. The predicted molar refractivity (Wildman–Crippen MR) is 76.2 cm³/mol. The summed E-state index contributed by atoms with van der Waals surface area (Å²) in [4.78, 5) is 13.4. The van der Waals surface area contributed by atoms with Gasteiger partial charge in [0.05, 0.1) is 5.92 Å². The SMILES string of the molecule is Cc1cccc(CCN2CC(C)CC(C(=O)O)C2)c1. The number of hydrogen-bond acceptors (Lipinski definition) is 2. The maximum atomic E-state index is 11.1. The van der Waals surface area contributed by atoms with Crippen molar-refractivity contribution in [1.29, 1.82) is 0 Å². The van der Waals surface area contributed by atoms with Crippen LogP contribution in [-0.4, -0.2) is 35.6 Å². The number of carbonyl (C=O) groups is 1. The molecule has 2 rings (SSSR count). The van der Waals surface area contributed by atoms with Crippen molar-refractivity contribution in [2.45, 2.75) is 26.7 Å². The van der Waals surface area contributed by atoms with Crippen molar-refractivity contribution in [2.24, 2.45) is 11.8 Å². The summed E-state index contributed by atoms with van der Waals surface area (Å²) in [5.41, 5.74) is 2.62. The molecule has 1 aliphatic heterocycles. The van der Waals surface area contributed by atoms with E-state index in [-0.39, 0.29) is 5.92 Å². The number of hydrogen-bond donors (Lipinski definition) is 1. The van der Waals surface area contributed by atoms with Gasteiger partial charge in [-0.05, 0) is 31.2 Å². The van der Waals surface area contributed by atoms with E-state index < -0.39 is 5.97 Å². The predicted octanol–water partition coefficient (Wildman–Crippen LogP) is 2.58. The Morgan fingerprint density at radius 1 is 1.42 bits per heavy atom. The van der Waals surface area contributed by atoms with Crippen LogP contribution in [0.1, 0.15) is 24.5 Å². The van der Waals surface area contributed by atoms with E-state index in [2.05, 4.69) is 43.0 Å². The Labute approximate surface area is 115 Å². The molecular weight excluding hydrogens is 238 g/mol. The average molecular weight is 261 g/mol. The first kappa shape index (κ1) is 14.1. The summed E-state index contributed by atoms with van der Waals surface area (Å²) < 4.78 is 0. The van der Waals surface area contributed by atoms with E-state index in [1.54, 1.807) is 0 Å². The van der Waals surface area contributed by atoms with Crippen LogP contribution in [0.4, 0.5) is 0 Å². The molecule has 0 aromatic heterocycles. The Bertz CT molecular complexity index is 444. The van der Waals surface area contributed by atoms with Gasteiger partial charge in [-0.25, -0.2) is 0 Å². The van der Waals surface area contributed by atoms with E-state index in [9.17, 15) is 4.79 Å². The molecule has 1 aromatic carbocycles. The lowest BCUT2D eigenvalue weighted by Crippen LogP contribution is -2.43. The van der Waals surface area contributed by atoms with Gasteiger partial charge < -0.3 is 10.0 Å². The van der Waals surface area contributed by atoms with Crippen LogP contribution in [0, 0.1) is 18.8 Å². The second-order valence-electron chi connectivity index (χ2n) is 5.87. The zero-order chi connectivity index (χ0) is 13.8. The van der Waals surface area contributed by atoms with Gasteiger partial charge in [0.1, 0.15) is 0 Å². The first-order valence-corrected chi connectivity index (χ1v) is 7.05. The number of benzene rings is 1. The van der Waals surface area contributed by atoms with Crippen LogP contribution in [0.25, 0.3) is 0 Å². The second-order valence-corrected chi connectivity index (χ2v) is 5.87. The highest BCUT2D eigenvalue weighted by molar-refractivity contribution is 5.70. The Kier molecular flexibility index (Phi) is 4.59. The third-order valence-corrected chi connectivity index (χ3v) is 3.88. The van der Waals surface area contributed by atoms with Crippen LogP contribution in [0.15, 0.2) is 24.3 Å². The molecule has 19 heavy (non-hydrogen) atoms. The Hall–Kier alpha value is -1.35. The Morgan fingerprint density at radius 3 is 2.89 bits per heavy atom. The highest BCUT2D eigenvalue weighted by Crippen LogP contribution is 2.22. The molecule has 0 saturated carbocycles. The summed E-state index contributed by atoms with van der Waals surface area (Å²) in [5.74, 6) is -0.360. The number of likely N-dealkylation sites (tertiary alicyclic amines) is 1. The number of nitrogens with zero attached hydrogens (tertiary/aromatic N) is 1. The maximum Gasteiger partial charge on any atom is 0.307 e. The maximum absolute atomic E-state index is 11.1. The standard InChI is InChI=1S/C16H23NO2/c1-12-4-3-5-14(8-12)6-7-17-10-13(2)9-15(11-17)16(18)19/h3-5,8,13,15H,6-7,9-11H2,1-2H3,(H,18,19). The van der Waals surface area contributed by atoms with Gasteiger partial charge in [-0.3, -0.25) is 4.79 Å². The normalized spacial score (nSPS) is 24.3. The fourth-order valence-corrected chi connectivity index (χ4v) is 2.98. The molecule has 1 N–H and O–H groups in total. The van der Waals surface area contributed by atoms with Crippen molar-refractivity contribution in [3.05, 3.63) is 35.4 Å². The van der Waals surface area contributed by atoms with Gasteiger partial charge >= 0.3 is 5.97 Å². The average Bonchev–Trinajstić information content (AvgIpc) is 2.36. The number of carboxylic acid groups (broad SMARTS) is 1. The fraction of sp³-hybridized carbons (Fsp3) is 0.562. The molecule has 1 saturated heterocycles. The van der Waals surface area contributed by atoms with Gasteiger partial charge in [-0.15, -0.1) is 0 Å². The molecule has 0 amide bonds. The molecule has 1 heterocycles. The van der Waals surface area contributed by atoms with E-state index >= 15 is 0 Å². The van der Waals surface area contributed by atoms with Crippen molar-refractivity contribution in [1.82, 2.24) is 4.90 Å². The Morgan fingerprint density at radius 2 is 2.21 bits per heavy atom. The molecule has 2 atom stereocenters. The molecule has 3 nitrogen and oxygen atoms in total. The molecule has 0 spiro atoms. The van der Waals surface area contributed by atoms with Gasteiger partial charge in [-0.2, -0.15) is 0 Å². The molecule has 0 aliphatic carbocycles. The summed E-state index contributed by atoms with van der Waals surface area (Å²) in [7, 11) is 0. The first-order valence-electron chi connectivity index (χ1n) is 7.05. The number of aliphatic carboxylic acids is 1. The summed E-state index contributed by atoms with van der Waals surface area (Å²) in [6, 6.07) is 8.55. The number of rotatable bonds is 4. The van der Waals surface area contributed by atoms with Crippen molar-refractivity contribution < 1.29 is 9.90 Å². The van der Waals surface area contributed by atoms with E-state index in [4.69, 9.17) is 5.11 Å². The molecule has 3 heteroatoms. The molecular formula is C16H23NO2. The molecule has 104 valence electrons. The van der Waals surface area contributed by atoms with Crippen LogP contribution < -0.4 is 0 Å². The lowest BCUT2D eigenvalue weighted by Gasteiger charge is -2.34. The third kappa shape index (κ3) is 4.06. The number of carboxylic acids is 1. The van der Waals surface area contributed by atoms with Crippen LogP contribution in [0.5, 0.6) is 0 Å². The van der Waals surface area contributed by atoms with E-state index in [0.717, 1.165) is 25.9 Å². The van der Waals surface area contributed by atoms with E-state index in [1.807, 2.05) is 0 Å². The van der Waals surface area contributed by atoms with Crippen molar-refractivity contribution in [2.75, 3.05) is 19.6 Å². The van der Waals surface area contributed by atoms with Gasteiger partial charge in [-0.1, -0.05) is 36.8 Å².